The fourth-order valence-corrected chi connectivity index (χ4v) is 5.17. The Kier molecular flexibility index (Phi) is 4.39. The molecular formula is C17H19FN4O4S. The lowest BCUT2D eigenvalue weighted by molar-refractivity contribution is 0.0513. The molecular weight excluding hydrogens is 375 g/mol. The maximum absolute atomic E-state index is 13.9. The number of sulfone groups is 1. The minimum absolute atomic E-state index is 0.0203. The molecule has 0 spiro atoms. The fraction of sp³-hybridized carbons (Fsp3) is 0.412. The number of nitrogens with zero attached hydrogens (tertiary/aromatic N) is 4. The van der Waals surface area contributed by atoms with Gasteiger partial charge in [-0.3, -0.25) is 9.69 Å². The number of halogens is 1. The summed E-state index contributed by atoms with van der Waals surface area (Å²) in [7, 11) is -3.10. The number of hydrogen-bond donors (Lipinski definition) is 1. The molecule has 2 aliphatic heterocycles. The molecule has 2 aliphatic rings. The Balaban J connectivity index is 1.56. The van der Waals surface area contributed by atoms with Crippen LogP contribution >= 0.6 is 0 Å². The second-order valence-corrected chi connectivity index (χ2v) is 9.04. The summed E-state index contributed by atoms with van der Waals surface area (Å²) in [6, 6.07) is 5.66. The highest BCUT2D eigenvalue weighted by atomic mass is 32.2. The summed E-state index contributed by atoms with van der Waals surface area (Å²) in [5.41, 5.74) is -0.0552. The topological polar surface area (TPSA) is 95.7 Å². The average molecular weight is 394 g/mol. The summed E-state index contributed by atoms with van der Waals surface area (Å²) in [4.78, 5) is 16.4. The van der Waals surface area contributed by atoms with Crippen LogP contribution in [0.15, 0.2) is 30.5 Å². The minimum atomic E-state index is -3.10. The van der Waals surface area contributed by atoms with E-state index in [9.17, 15) is 22.7 Å². The van der Waals surface area contributed by atoms with Crippen molar-refractivity contribution in [3.05, 3.63) is 42.0 Å². The lowest BCUT2D eigenvalue weighted by Gasteiger charge is -2.43. The van der Waals surface area contributed by atoms with Crippen molar-refractivity contribution in [2.45, 2.75) is 6.04 Å². The summed E-state index contributed by atoms with van der Waals surface area (Å²) in [6.45, 7) is 1.72. The molecule has 0 unspecified atom stereocenters. The van der Waals surface area contributed by atoms with Gasteiger partial charge in [-0.25, -0.2) is 17.5 Å². The average Bonchev–Trinajstić information content (AvgIpc) is 3.01. The van der Waals surface area contributed by atoms with Gasteiger partial charge in [0.25, 0.3) is 5.91 Å². The molecule has 3 heterocycles. The second-order valence-electron chi connectivity index (χ2n) is 6.81. The van der Waals surface area contributed by atoms with E-state index >= 15 is 0 Å². The number of hydrogen-bond acceptors (Lipinski definition) is 6. The highest BCUT2D eigenvalue weighted by molar-refractivity contribution is 7.91. The molecule has 1 amide bonds. The van der Waals surface area contributed by atoms with Gasteiger partial charge < -0.3 is 10.0 Å². The van der Waals surface area contributed by atoms with Crippen LogP contribution in [-0.4, -0.2) is 82.7 Å². The molecule has 1 aromatic heterocycles. The van der Waals surface area contributed by atoms with Gasteiger partial charge in [-0.05, 0) is 12.1 Å². The fourth-order valence-electron chi connectivity index (χ4n) is 3.59. The second kappa shape index (κ2) is 6.61. The van der Waals surface area contributed by atoms with Gasteiger partial charge in [-0.1, -0.05) is 12.1 Å². The number of carbonyl (C=O) groups excluding carboxylic acids is 1. The van der Waals surface area contributed by atoms with Crippen molar-refractivity contribution < 1.29 is 22.7 Å². The number of piperazine rings is 1. The number of benzene rings is 1. The number of carbonyl (C=O) groups is 1. The van der Waals surface area contributed by atoms with Gasteiger partial charge in [-0.15, -0.1) is 0 Å². The Bertz CT molecular complexity index is 991. The predicted octanol–water partition coefficient (Wildman–Crippen LogP) is 0.272. The van der Waals surface area contributed by atoms with E-state index in [1.165, 1.54) is 29.3 Å². The van der Waals surface area contributed by atoms with Crippen molar-refractivity contribution >= 4 is 15.7 Å². The van der Waals surface area contributed by atoms with E-state index in [4.69, 9.17) is 0 Å². The summed E-state index contributed by atoms with van der Waals surface area (Å²) in [5, 5.41) is 14.2. The third kappa shape index (κ3) is 3.42. The van der Waals surface area contributed by atoms with E-state index in [1.54, 1.807) is 6.07 Å². The van der Waals surface area contributed by atoms with E-state index in [0.717, 1.165) is 4.68 Å². The lowest BCUT2D eigenvalue weighted by atomic mass is 10.1. The molecule has 8 nitrogen and oxygen atoms in total. The van der Waals surface area contributed by atoms with Crippen LogP contribution in [0.2, 0.25) is 0 Å². The van der Waals surface area contributed by atoms with Gasteiger partial charge in [0.2, 0.25) is 0 Å². The highest BCUT2D eigenvalue weighted by Crippen LogP contribution is 2.24. The molecule has 2 aromatic rings. The number of rotatable bonds is 2. The first-order valence-corrected chi connectivity index (χ1v) is 10.4. The SMILES string of the molecule is O=C(c1nn(-c2ccccc2F)cc1O)N1CCN2CCS(=O)(=O)C[C@@H]2C1. The number of aromatic nitrogens is 2. The summed E-state index contributed by atoms with van der Waals surface area (Å²) < 4.78 is 38.8. The van der Waals surface area contributed by atoms with Crippen molar-refractivity contribution in [1.29, 1.82) is 0 Å². The number of para-hydroxylation sites is 1. The van der Waals surface area contributed by atoms with Crippen molar-refractivity contribution in [3.63, 3.8) is 0 Å². The van der Waals surface area contributed by atoms with Crippen LogP contribution in [-0.2, 0) is 9.84 Å². The molecule has 1 atom stereocenters. The first kappa shape index (κ1) is 17.9. The molecule has 1 aromatic carbocycles. The van der Waals surface area contributed by atoms with E-state index in [0.29, 0.717) is 19.6 Å². The number of amides is 1. The molecule has 1 N–H and O–H groups in total. The van der Waals surface area contributed by atoms with Crippen LogP contribution < -0.4 is 0 Å². The van der Waals surface area contributed by atoms with E-state index in [2.05, 4.69) is 10.00 Å². The van der Waals surface area contributed by atoms with Crippen molar-refractivity contribution in [3.8, 4) is 11.4 Å². The highest BCUT2D eigenvalue weighted by Gasteiger charge is 2.37. The summed E-state index contributed by atoms with van der Waals surface area (Å²) in [6.07, 6.45) is 1.19. The van der Waals surface area contributed by atoms with Gasteiger partial charge in [0, 0.05) is 32.2 Å². The van der Waals surface area contributed by atoms with Crippen LogP contribution in [0.4, 0.5) is 4.39 Å². The van der Waals surface area contributed by atoms with E-state index in [-0.39, 0.29) is 41.2 Å². The molecule has 0 radical (unpaired) electrons. The van der Waals surface area contributed by atoms with Crippen LogP contribution in [0.1, 0.15) is 10.5 Å². The summed E-state index contributed by atoms with van der Waals surface area (Å²) >= 11 is 0. The third-order valence-corrected chi connectivity index (χ3v) is 6.72. The molecule has 4 rings (SSSR count). The van der Waals surface area contributed by atoms with E-state index < -0.39 is 21.6 Å². The maximum Gasteiger partial charge on any atom is 0.278 e. The Morgan fingerprint density at radius 3 is 2.78 bits per heavy atom. The van der Waals surface area contributed by atoms with Gasteiger partial charge in [-0.2, -0.15) is 5.10 Å². The standard InChI is InChI=1S/C17H19FN4O4S/c18-13-3-1-2-4-14(13)22-10-15(23)16(19-22)17(24)21-6-5-20-7-8-27(25,26)11-12(20)9-21/h1-4,10,12,23H,5-9,11H2/t12-/m0/s1. The smallest absolute Gasteiger partial charge is 0.278 e. The Labute approximate surface area is 155 Å². The minimum Gasteiger partial charge on any atom is -0.504 e. The van der Waals surface area contributed by atoms with Crippen LogP contribution in [0.5, 0.6) is 5.75 Å². The van der Waals surface area contributed by atoms with Crippen LogP contribution in [0.3, 0.4) is 0 Å². The molecule has 0 bridgehead atoms. The zero-order chi connectivity index (χ0) is 19.2. The van der Waals surface area contributed by atoms with Gasteiger partial charge in [0.05, 0.1) is 17.7 Å². The Morgan fingerprint density at radius 1 is 1.22 bits per heavy atom. The van der Waals surface area contributed by atoms with Gasteiger partial charge >= 0.3 is 0 Å². The molecule has 144 valence electrons. The molecule has 10 heteroatoms. The first-order chi connectivity index (χ1) is 12.8. The van der Waals surface area contributed by atoms with Crippen LogP contribution in [0.25, 0.3) is 5.69 Å². The zero-order valence-corrected chi connectivity index (χ0v) is 15.3. The van der Waals surface area contributed by atoms with Crippen LogP contribution in [0, 0.1) is 5.82 Å². The predicted molar refractivity (Wildman–Crippen MR) is 95.1 cm³/mol. The first-order valence-electron chi connectivity index (χ1n) is 8.61. The quantitative estimate of drug-likeness (QED) is 0.786. The third-order valence-electron chi connectivity index (χ3n) is 5.02. The lowest BCUT2D eigenvalue weighted by Crippen LogP contribution is -2.60. The Hall–Kier alpha value is -2.46. The van der Waals surface area contributed by atoms with Crippen molar-refractivity contribution in [2.24, 2.45) is 0 Å². The van der Waals surface area contributed by atoms with Crippen molar-refractivity contribution in [1.82, 2.24) is 19.6 Å². The number of aromatic hydroxyl groups is 1. The largest absolute Gasteiger partial charge is 0.504 e. The molecule has 0 saturated carbocycles. The molecule has 27 heavy (non-hydrogen) atoms. The normalized spacial score (nSPS) is 22.4. The zero-order valence-electron chi connectivity index (χ0n) is 14.5. The van der Waals surface area contributed by atoms with Gasteiger partial charge in [0.15, 0.2) is 21.3 Å². The molecule has 0 aliphatic carbocycles. The monoisotopic (exact) mass is 394 g/mol. The van der Waals surface area contributed by atoms with Crippen molar-refractivity contribution in [2.75, 3.05) is 37.7 Å². The molecule has 2 fully saturated rings. The number of fused-ring (bicyclic) bond motifs is 1. The Morgan fingerprint density at radius 2 is 2.00 bits per heavy atom. The maximum atomic E-state index is 13.9. The molecule has 2 saturated heterocycles. The van der Waals surface area contributed by atoms with Gasteiger partial charge in [0.1, 0.15) is 11.5 Å². The van der Waals surface area contributed by atoms with E-state index in [1.807, 2.05) is 0 Å². The summed E-state index contributed by atoms with van der Waals surface area (Å²) in [5.74, 6) is -1.20.